The Labute approximate surface area is 139 Å². The number of rotatable bonds is 3. The molecule has 1 aliphatic heterocycles. The summed E-state index contributed by atoms with van der Waals surface area (Å²) in [6.45, 7) is 2.38. The Bertz CT molecular complexity index is 761. The van der Waals surface area contributed by atoms with E-state index in [0.29, 0.717) is 24.3 Å². The third-order valence-corrected chi connectivity index (χ3v) is 4.04. The Hall–Kier alpha value is -2.89. The number of nitrogens with one attached hydrogen (secondary N) is 2. The Morgan fingerprint density at radius 1 is 1.17 bits per heavy atom. The third kappa shape index (κ3) is 3.37. The molecule has 1 aliphatic rings. The second-order valence-corrected chi connectivity index (χ2v) is 5.72. The van der Waals surface area contributed by atoms with E-state index in [1.165, 1.54) is 12.1 Å². The molecule has 24 heavy (non-hydrogen) atoms. The molecule has 0 radical (unpaired) electrons. The number of aryl methyl sites for hydroxylation is 1. The molecule has 0 bridgehead atoms. The van der Waals surface area contributed by atoms with Crippen molar-refractivity contribution in [2.75, 3.05) is 16.8 Å². The van der Waals surface area contributed by atoms with Crippen LogP contribution in [0.25, 0.3) is 0 Å². The van der Waals surface area contributed by atoms with E-state index in [2.05, 4.69) is 10.6 Å². The maximum Gasteiger partial charge on any atom is 0.319 e. The lowest BCUT2D eigenvalue weighted by Crippen LogP contribution is -2.43. The normalized spacial score (nSPS) is 17.0. The molecule has 5 nitrogen and oxygen atoms in total. The van der Waals surface area contributed by atoms with Crippen LogP contribution in [-0.4, -0.2) is 24.5 Å². The molecule has 0 unspecified atom stereocenters. The number of amides is 3. The van der Waals surface area contributed by atoms with Gasteiger partial charge >= 0.3 is 6.03 Å². The minimum Gasteiger partial charge on any atom is -0.326 e. The molecule has 0 saturated carbocycles. The fraction of sp³-hybridized carbons (Fsp3) is 0.222. The van der Waals surface area contributed by atoms with Crippen LogP contribution in [0.3, 0.4) is 0 Å². The quantitative estimate of drug-likeness (QED) is 0.910. The van der Waals surface area contributed by atoms with Crippen LogP contribution in [0.4, 0.5) is 20.6 Å². The predicted molar refractivity (Wildman–Crippen MR) is 90.5 cm³/mol. The highest BCUT2D eigenvalue weighted by molar-refractivity contribution is 6.02. The van der Waals surface area contributed by atoms with Gasteiger partial charge in [0.2, 0.25) is 5.91 Å². The highest BCUT2D eigenvalue weighted by Gasteiger charge is 2.33. The largest absolute Gasteiger partial charge is 0.326 e. The molecule has 2 aromatic rings. The first-order chi connectivity index (χ1) is 11.5. The molecule has 0 spiro atoms. The SMILES string of the molecule is Cc1ccccc1NC(=O)N[C@@H]1CCN(c2ccc(F)cc2)C1=O. The van der Waals surface area contributed by atoms with Crippen LogP contribution in [0.15, 0.2) is 48.5 Å². The second-order valence-electron chi connectivity index (χ2n) is 5.72. The van der Waals surface area contributed by atoms with E-state index in [1.54, 1.807) is 23.1 Å². The summed E-state index contributed by atoms with van der Waals surface area (Å²) in [5, 5.41) is 5.45. The lowest BCUT2D eigenvalue weighted by atomic mass is 10.2. The number of nitrogens with zero attached hydrogens (tertiary/aromatic N) is 1. The summed E-state index contributed by atoms with van der Waals surface area (Å²) in [4.78, 5) is 26.1. The molecule has 3 amide bonds. The number of para-hydroxylation sites is 1. The van der Waals surface area contributed by atoms with Crippen molar-refractivity contribution < 1.29 is 14.0 Å². The summed E-state index contributed by atoms with van der Waals surface area (Å²) in [6, 6.07) is 12.2. The van der Waals surface area contributed by atoms with Crippen molar-refractivity contribution in [2.45, 2.75) is 19.4 Å². The molecule has 1 heterocycles. The van der Waals surface area contributed by atoms with Gasteiger partial charge in [0.1, 0.15) is 11.9 Å². The van der Waals surface area contributed by atoms with Gasteiger partial charge in [-0.25, -0.2) is 9.18 Å². The molecule has 0 aromatic heterocycles. The lowest BCUT2D eigenvalue weighted by molar-refractivity contribution is -0.118. The molecule has 0 aliphatic carbocycles. The number of halogens is 1. The number of carbonyl (C=O) groups is 2. The predicted octanol–water partition coefficient (Wildman–Crippen LogP) is 3.06. The zero-order valence-corrected chi connectivity index (χ0v) is 13.3. The van der Waals surface area contributed by atoms with Crippen LogP contribution in [0.1, 0.15) is 12.0 Å². The maximum absolute atomic E-state index is 13.0. The van der Waals surface area contributed by atoms with Gasteiger partial charge in [-0.1, -0.05) is 18.2 Å². The highest BCUT2D eigenvalue weighted by atomic mass is 19.1. The topological polar surface area (TPSA) is 61.4 Å². The van der Waals surface area contributed by atoms with Crippen molar-refractivity contribution in [3.05, 3.63) is 59.9 Å². The highest BCUT2D eigenvalue weighted by Crippen LogP contribution is 2.22. The van der Waals surface area contributed by atoms with E-state index in [1.807, 2.05) is 25.1 Å². The second kappa shape index (κ2) is 6.70. The van der Waals surface area contributed by atoms with Crippen LogP contribution in [-0.2, 0) is 4.79 Å². The molecule has 1 saturated heterocycles. The van der Waals surface area contributed by atoms with E-state index in [-0.39, 0.29) is 11.7 Å². The third-order valence-electron chi connectivity index (χ3n) is 4.04. The summed E-state index contributed by atoms with van der Waals surface area (Å²) >= 11 is 0. The first-order valence-electron chi connectivity index (χ1n) is 7.74. The summed E-state index contributed by atoms with van der Waals surface area (Å²) in [5.41, 5.74) is 2.28. The smallest absolute Gasteiger partial charge is 0.319 e. The van der Waals surface area contributed by atoms with Gasteiger partial charge in [0, 0.05) is 17.9 Å². The van der Waals surface area contributed by atoms with Crippen molar-refractivity contribution in [1.82, 2.24) is 5.32 Å². The van der Waals surface area contributed by atoms with E-state index >= 15 is 0 Å². The molecule has 124 valence electrons. The van der Waals surface area contributed by atoms with Crippen LogP contribution >= 0.6 is 0 Å². The number of hydrogen-bond acceptors (Lipinski definition) is 2. The van der Waals surface area contributed by atoms with Crippen molar-refractivity contribution >= 4 is 23.3 Å². The first kappa shape index (κ1) is 16.0. The van der Waals surface area contributed by atoms with E-state index in [4.69, 9.17) is 0 Å². The Kier molecular flexibility index (Phi) is 4.46. The molecule has 1 atom stereocenters. The molecular formula is C18H18FN3O2. The van der Waals surface area contributed by atoms with Gasteiger partial charge in [-0.3, -0.25) is 4.79 Å². The van der Waals surface area contributed by atoms with Crippen molar-refractivity contribution in [3.63, 3.8) is 0 Å². The standard InChI is InChI=1S/C18H18FN3O2/c1-12-4-2-3-5-15(12)20-18(24)21-16-10-11-22(17(16)23)14-8-6-13(19)7-9-14/h2-9,16H,10-11H2,1H3,(H2,20,21,24)/t16-/m1/s1. The maximum atomic E-state index is 13.0. The van der Waals surface area contributed by atoms with E-state index < -0.39 is 12.1 Å². The Balaban J connectivity index is 1.62. The summed E-state index contributed by atoms with van der Waals surface area (Å²) < 4.78 is 13.0. The van der Waals surface area contributed by atoms with Gasteiger partial charge in [0.05, 0.1) is 0 Å². The van der Waals surface area contributed by atoms with Gasteiger partial charge < -0.3 is 15.5 Å². The van der Waals surface area contributed by atoms with E-state index in [0.717, 1.165) is 5.56 Å². The monoisotopic (exact) mass is 327 g/mol. The number of urea groups is 1. The molecule has 2 aromatic carbocycles. The van der Waals surface area contributed by atoms with Crippen molar-refractivity contribution in [1.29, 1.82) is 0 Å². The number of carbonyl (C=O) groups excluding carboxylic acids is 2. The summed E-state index contributed by atoms with van der Waals surface area (Å²) in [7, 11) is 0. The zero-order chi connectivity index (χ0) is 17.1. The zero-order valence-electron chi connectivity index (χ0n) is 13.3. The number of hydrogen-bond donors (Lipinski definition) is 2. The first-order valence-corrected chi connectivity index (χ1v) is 7.74. The average molecular weight is 327 g/mol. The van der Waals surface area contributed by atoms with Crippen molar-refractivity contribution in [3.8, 4) is 0 Å². The number of anilines is 2. The summed E-state index contributed by atoms with van der Waals surface area (Å²) in [6.07, 6.45) is 0.511. The molecular weight excluding hydrogens is 309 g/mol. The Morgan fingerprint density at radius 3 is 2.58 bits per heavy atom. The van der Waals surface area contributed by atoms with Gasteiger partial charge in [-0.2, -0.15) is 0 Å². The molecule has 1 fully saturated rings. The van der Waals surface area contributed by atoms with Gasteiger partial charge in [0.15, 0.2) is 0 Å². The van der Waals surface area contributed by atoms with E-state index in [9.17, 15) is 14.0 Å². The van der Waals surface area contributed by atoms with Crippen LogP contribution in [0.5, 0.6) is 0 Å². The van der Waals surface area contributed by atoms with Crippen LogP contribution < -0.4 is 15.5 Å². The molecule has 6 heteroatoms. The van der Waals surface area contributed by atoms with Crippen LogP contribution in [0.2, 0.25) is 0 Å². The Morgan fingerprint density at radius 2 is 1.88 bits per heavy atom. The van der Waals surface area contributed by atoms with Crippen LogP contribution in [0, 0.1) is 12.7 Å². The van der Waals surface area contributed by atoms with Gasteiger partial charge in [-0.15, -0.1) is 0 Å². The fourth-order valence-corrected chi connectivity index (χ4v) is 2.72. The fourth-order valence-electron chi connectivity index (χ4n) is 2.72. The van der Waals surface area contributed by atoms with Crippen molar-refractivity contribution in [2.24, 2.45) is 0 Å². The lowest BCUT2D eigenvalue weighted by Gasteiger charge is -2.17. The molecule has 3 rings (SSSR count). The molecule has 2 N–H and O–H groups in total. The summed E-state index contributed by atoms with van der Waals surface area (Å²) in [5.74, 6) is -0.542. The van der Waals surface area contributed by atoms with Gasteiger partial charge in [0.25, 0.3) is 0 Å². The number of benzene rings is 2. The average Bonchev–Trinajstić information content (AvgIpc) is 2.91. The minimum atomic E-state index is -0.584. The minimum absolute atomic E-state index is 0.193. The van der Waals surface area contributed by atoms with Gasteiger partial charge in [-0.05, 0) is 49.2 Å².